The number of nitrogens with zero attached hydrogens (tertiary/aromatic N) is 2. The number of benzene rings is 1. The SMILES string of the molecule is Cc1ccccc1N=C1CCC(C#N)CC1. The zero-order chi connectivity index (χ0) is 11.4. The molecular formula is C14H16N2. The Morgan fingerprint density at radius 3 is 2.56 bits per heavy atom. The molecule has 0 spiro atoms. The summed E-state index contributed by atoms with van der Waals surface area (Å²) in [5.41, 5.74) is 3.55. The van der Waals surface area contributed by atoms with Crippen molar-refractivity contribution in [3.63, 3.8) is 0 Å². The standard InChI is InChI=1S/C14H16N2/c1-11-4-2-3-5-14(11)16-13-8-6-12(10-15)7-9-13/h2-5,12H,6-9H2,1H3. The summed E-state index contributed by atoms with van der Waals surface area (Å²) in [5, 5.41) is 8.82. The van der Waals surface area contributed by atoms with Gasteiger partial charge in [-0.1, -0.05) is 18.2 Å². The van der Waals surface area contributed by atoms with Crippen molar-refractivity contribution < 1.29 is 0 Å². The highest BCUT2D eigenvalue weighted by molar-refractivity contribution is 5.87. The molecule has 2 heteroatoms. The lowest BCUT2D eigenvalue weighted by Crippen LogP contribution is -2.12. The number of hydrogen-bond donors (Lipinski definition) is 0. The average molecular weight is 212 g/mol. The maximum atomic E-state index is 8.82. The fourth-order valence-corrected chi connectivity index (χ4v) is 2.05. The largest absolute Gasteiger partial charge is 0.258 e. The highest BCUT2D eigenvalue weighted by Crippen LogP contribution is 2.25. The summed E-state index contributed by atoms with van der Waals surface area (Å²) in [6.45, 7) is 2.08. The van der Waals surface area contributed by atoms with Crippen LogP contribution in [-0.2, 0) is 0 Å². The van der Waals surface area contributed by atoms with Gasteiger partial charge in [0.15, 0.2) is 0 Å². The Balaban J connectivity index is 2.10. The van der Waals surface area contributed by atoms with Crippen LogP contribution >= 0.6 is 0 Å². The molecule has 1 saturated carbocycles. The summed E-state index contributed by atoms with van der Waals surface area (Å²) in [6.07, 6.45) is 3.90. The summed E-state index contributed by atoms with van der Waals surface area (Å²) in [6, 6.07) is 10.5. The van der Waals surface area contributed by atoms with E-state index in [1.807, 2.05) is 12.1 Å². The normalized spacial score (nSPS) is 20.2. The lowest BCUT2D eigenvalue weighted by atomic mass is 9.89. The first-order valence-corrected chi connectivity index (χ1v) is 5.81. The maximum absolute atomic E-state index is 8.82. The van der Waals surface area contributed by atoms with Gasteiger partial charge in [0.2, 0.25) is 0 Å². The molecule has 0 atom stereocenters. The third-order valence-corrected chi connectivity index (χ3v) is 3.14. The van der Waals surface area contributed by atoms with Crippen molar-refractivity contribution in [1.82, 2.24) is 0 Å². The van der Waals surface area contributed by atoms with Crippen molar-refractivity contribution in [3.05, 3.63) is 29.8 Å². The quantitative estimate of drug-likeness (QED) is 0.697. The topological polar surface area (TPSA) is 36.1 Å². The van der Waals surface area contributed by atoms with E-state index in [4.69, 9.17) is 10.3 Å². The lowest BCUT2D eigenvalue weighted by Gasteiger charge is -2.17. The summed E-state index contributed by atoms with van der Waals surface area (Å²) >= 11 is 0. The van der Waals surface area contributed by atoms with E-state index in [0.717, 1.165) is 31.4 Å². The van der Waals surface area contributed by atoms with Gasteiger partial charge in [0.25, 0.3) is 0 Å². The molecule has 1 fully saturated rings. The summed E-state index contributed by atoms with van der Waals surface area (Å²) < 4.78 is 0. The molecule has 1 aliphatic rings. The zero-order valence-electron chi connectivity index (χ0n) is 9.61. The van der Waals surface area contributed by atoms with Gasteiger partial charge in [0.05, 0.1) is 11.8 Å². The summed E-state index contributed by atoms with van der Waals surface area (Å²) in [7, 11) is 0. The van der Waals surface area contributed by atoms with Gasteiger partial charge in [-0.05, 0) is 44.2 Å². The van der Waals surface area contributed by atoms with Crippen LogP contribution in [0, 0.1) is 24.2 Å². The monoisotopic (exact) mass is 212 g/mol. The van der Waals surface area contributed by atoms with Crippen molar-refractivity contribution in [3.8, 4) is 6.07 Å². The Morgan fingerprint density at radius 1 is 1.25 bits per heavy atom. The maximum Gasteiger partial charge on any atom is 0.0658 e. The van der Waals surface area contributed by atoms with Gasteiger partial charge in [0.1, 0.15) is 0 Å². The minimum Gasteiger partial charge on any atom is -0.258 e. The molecule has 0 N–H and O–H groups in total. The van der Waals surface area contributed by atoms with E-state index >= 15 is 0 Å². The lowest BCUT2D eigenvalue weighted by molar-refractivity contribution is 0.546. The van der Waals surface area contributed by atoms with Crippen molar-refractivity contribution in [2.75, 3.05) is 0 Å². The van der Waals surface area contributed by atoms with Crippen molar-refractivity contribution >= 4 is 11.4 Å². The van der Waals surface area contributed by atoms with Crippen molar-refractivity contribution in [1.29, 1.82) is 5.26 Å². The van der Waals surface area contributed by atoms with Gasteiger partial charge in [-0.15, -0.1) is 0 Å². The second-order valence-electron chi connectivity index (χ2n) is 4.37. The van der Waals surface area contributed by atoms with E-state index in [2.05, 4.69) is 25.1 Å². The first-order valence-electron chi connectivity index (χ1n) is 5.81. The van der Waals surface area contributed by atoms with Crippen LogP contribution in [0.2, 0.25) is 0 Å². The molecular weight excluding hydrogens is 196 g/mol. The van der Waals surface area contributed by atoms with Gasteiger partial charge >= 0.3 is 0 Å². The van der Waals surface area contributed by atoms with E-state index in [9.17, 15) is 0 Å². The fourth-order valence-electron chi connectivity index (χ4n) is 2.05. The average Bonchev–Trinajstić information content (AvgIpc) is 2.33. The Bertz CT molecular complexity index is 430. The Kier molecular flexibility index (Phi) is 3.36. The number of rotatable bonds is 1. The minimum absolute atomic E-state index is 0.246. The molecule has 0 heterocycles. The van der Waals surface area contributed by atoms with Crippen LogP contribution in [0.25, 0.3) is 0 Å². The van der Waals surface area contributed by atoms with Crippen LogP contribution in [0.3, 0.4) is 0 Å². The smallest absolute Gasteiger partial charge is 0.0658 e. The van der Waals surface area contributed by atoms with Crippen LogP contribution in [0.5, 0.6) is 0 Å². The first-order chi connectivity index (χ1) is 7.79. The third kappa shape index (κ3) is 2.49. The molecule has 2 nitrogen and oxygen atoms in total. The number of para-hydroxylation sites is 1. The third-order valence-electron chi connectivity index (χ3n) is 3.14. The molecule has 0 saturated heterocycles. The van der Waals surface area contributed by atoms with Crippen LogP contribution in [0.4, 0.5) is 5.69 Å². The van der Waals surface area contributed by atoms with Gasteiger partial charge in [-0.3, -0.25) is 4.99 Å². The fraction of sp³-hybridized carbons (Fsp3) is 0.429. The predicted molar refractivity (Wildman–Crippen MR) is 65.8 cm³/mol. The highest BCUT2D eigenvalue weighted by atomic mass is 14.8. The molecule has 0 amide bonds. The molecule has 1 aromatic carbocycles. The van der Waals surface area contributed by atoms with Gasteiger partial charge in [-0.2, -0.15) is 5.26 Å². The minimum atomic E-state index is 0.246. The second kappa shape index (κ2) is 4.94. The van der Waals surface area contributed by atoms with Gasteiger partial charge in [0, 0.05) is 11.6 Å². The summed E-state index contributed by atoms with van der Waals surface area (Å²) in [4.78, 5) is 4.69. The first kappa shape index (κ1) is 10.9. The Labute approximate surface area is 96.6 Å². The Morgan fingerprint density at radius 2 is 1.94 bits per heavy atom. The summed E-state index contributed by atoms with van der Waals surface area (Å²) in [5.74, 6) is 0.246. The molecule has 0 bridgehead atoms. The molecule has 0 unspecified atom stereocenters. The number of aliphatic imine (C=N–C) groups is 1. The molecule has 1 aromatic rings. The van der Waals surface area contributed by atoms with E-state index in [0.29, 0.717) is 0 Å². The molecule has 0 radical (unpaired) electrons. The van der Waals surface area contributed by atoms with E-state index in [1.54, 1.807) is 0 Å². The number of hydrogen-bond acceptors (Lipinski definition) is 2. The van der Waals surface area contributed by atoms with Gasteiger partial charge < -0.3 is 0 Å². The van der Waals surface area contributed by atoms with E-state index < -0.39 is 0 Å². The number of nitriles is 1. The molecule has 0 aliphatic heterocycles. The van der Waals surface area contributed by atoms with Crippen LogP contribution < -0.4 is 0 Å². The zero-order valence-corrected chi connectivity index (χ0v) is 9.61. The number of aryl methyl sites for hydroxylation is 1. The van der Waals surface area contributed by atoms with Gasteiger partial charge in [-0.25, -0.2) is 0 Å². The molecule has 16 heavy (non-hydrogen) atoms. The molecule has 0 aromatic heterocycles. The molecule has 2 rings (SSSR count). The van der Waals surface area contributed by atoms with Crippen molar-refractivity contribution in [2.24, 2.45) is 10.9 Å². The van der Waals surface area contributed by atoms with Crippen molar-refractivity contribution in [2.45, 2.75) is 32.6 Å². The second-order valence-corrected chi connectivity index (χ2v) is 4.37. The molecule has 82 valence electrons. The highest BCUT2D eigenvalue weighted by Gasteiger charge is 2.16. The molecule has 1 aliphatic carbocycles. The van der Waals surface area contributed by atoms with Crippen LogP contribution in [0.15, 0.2) is 29.3 Å². The Hall–Kier alpha value is -1.62. The van der Waals surface area contributed by atoms with E-state index in [-0.39, 0.29) is 5.92 Å². The predicted octanol–water partition coefficient (Wildman–Crippen LogP) is 3.78. The van der Waals surface area contributed by atoms with Crippen LogP contribution in [0.1, 0.15) is 31.2 Å². The van der Waals surface area contributed by atoms with E-state index in [1.165, 1.54) is 11.3 Å². The van der Waals surface area contributed by atoms with Crippen LogP contribution in [-0.4, -0.2) is 5.71 Å².